The van der Waals surface area contributed by atoms with Gasteiger partial charge in [-0.3, -0.25) is 9.78 Å². The highest BCUT2D eigenvalue weighted by Gasteiger charge is 2.20. The fourth-order valence-corrected chi connectivity index (χ4v) is 2.63. The zero-order valence-corrected chi connectivity index (χ0v) is 14.5. The van der Waals surface area contributed by atoms with Crippen molar-refractivity contribution < 1.29 is 8.78 Å². The minimum Gasteiger partial charge on any atom is -0.341 e. The molecule has 0 spiro atoms. The Balaban J connectivity index is 2.01. The zero-order chi connectivity index (χ0) is 18.4. The first-order chi connectivity index (χ1) is 11.6. The summed E-state index contributed by atoms with van der Waals surface area (Å²) in [5.74, 6) is -0.995. The molecule has 0 saturated heterocycles. The summed E-state index contributed by atoms with van der Waals surface area (Å²) in [4.78, 5) is 21.1. The lowest BCUT2D eigenvalue weighted by molar-refractivity contribution is 0.366. The van der Waals surface area contributed by atoms with Crippen LogP contribution in [0.2, 0.25) is 0 Å². The van der Waals surface area contributed by atoms with Crippen molar-refractivity contribution in [2.75, 3.05) is 11.9 Å². The van der Waals surface area contributed by atoms with Crippen LogP contribution >= 0.6 is 0 Å². The van der Waals surface area contributed by atoms with Gasteiger partial charge in [-0.2, -0.15) is 10.1 Å². The standard InChI is InChI=1S/C17H19F2N5O/c1-17(2,3)24-14-13(8-20-24)15(25)22-16(21-14)23(4)9-10-5-11(18)7-12(19)6-10/h5-8H,9H2,1-4H3,(H,21,22,25). The fraction of sp³-hybridized carbons (Fsp3) is 0.353. The maximum Gasteiger partial charge on any atom is 0.263 e. The van der Waals surface area contributed by atoms with Crippen LogP contribution in [0.3, 0.4) is 0 Å². The lowest BCUT2D eigenvalue weighted by atomic mass is 10.1. The molecule has 3 rings (SSSR count). The lowest BCUT2D eigenvalue weighted by Gasteiger charge is -2.21. The van der Waals surface area contributed by atoms with Crippen molar-refractivity contribution in [2.24, 2.45) is 0 Å². The van der Waals surface area contributed by atoms with E-state index in [1.54, 1.807) is 16.6 Å². The molecule has 0 radical (unpaired) electrons. The SMILES string of the molecule is CN(Cc1cc(F)cc(F)c1)c1nc2c(cnn2C(C)(C)C)c(=O)[nH]1. The van der Waals surface area contributed by atoms with E-state index in [9.17, 15) is 13.6 Å². The van der Waals surface area contributed by atoms with Crippen molar-refractivity contribution in [1.82, 2.24) is 19.7 Å². The largest absolute Gasteiger partial charge is 0.341 e. The van der Waals surface area contributed by atoms with Crippen LogP contribution in [0.15, 0.2) is 29.2 Å². The lowest BCUT2D eigenvalue weighted by Crippen LogP contribution is -2.26. The summed E-state index contributed by atoms with van der Waals surface area (Å²) >= 11 is 0. The molecule has 25 heavy (non-hydrogen) atoms. The van der Waals surface area contributed by atoms with E-state index in [0.29, 0.717) is 22.5 Å². The van der Waals surface area contributed by atoms with E-state index >= 15 is 0 Å². The molecule has 2 heterocycles. The number of halogens is 2. The van der Waals surface area contributed by atoms with Gasteiger partial charge >= 0.3 is 0 Å². The maximum absolute atomic E-state index is 13.4. The van der Waals surface area contributed by atoms with Gasteiger partial charge in [0.05, 0.1) is 11.7 Å². The third-order valence-corrected chi connectivity index (χ3v) is 3.76. The summed E-state index contributed by atoms with van der Waals surface area (Å²) < 4.78 is 28.4. The van der Waals surface area contributed by atoms with Crippen LogP contribution in [0.25, 0.3) is 11.0 Å². The van der Waals surface area contributed by atoms with E-state index in [2.05, 4.69) is 15.1 Å². The molecule has 0 atom stereocenters. The molecule has 2 aromatic heterocycles. The van der Waals surface area contributed by atoms with Crippen molar-refractivity contribution in [3.8, 4) is 0 Å². The third kappa shape index (κ3) is 3.38. The van der Waals surface area contributed by atoms with Gasteiger partial charge in [0.25, 0.3) is 5.56 Å². The molecule has 0 bridgehead atoms. The maximum atomic E-state index is 13.4. The summed E-state index contributed by atoms with van der Waals surface area (Å²) in [5, 5.41) is 4.64. The number of H-pyrrole nitrogens is 1. The van der Waals surface area contributed by atoms with E-state index < -0.39 is 11.6 Å². The summed E-state index contributed by atoms with van der Waals surface area (Å²) in [6, 6.07) is 3.31. The second-order valence-electron chi connectivity index (χ2n) is 6.99. The van der Waals surface area contributed by atoms with Crippen LogP contribution in [-0.2, 0) is 12.1 Å². The van der Waals surface area contributed by atoms with Gasteiger partial charge in [-0.25, -0.2) is 13.5 Å². The minimum atomic E-state index is -0.647. The average molecular weight is 347 g/mol. The van der Waals surface area contributed by atoms with E-state index in [4.69, 9.17) is 0 Å². The van der Waals surface area contributed by atoms with Crippen LogP contribution in [0.1, 0.15) is 26.3 Å². The second kappa shape index (κ2) is 5.94. The molecular weight excluding hydrogens is 328 g/mol. The number of aromatic amines is 1. The molecule has 0 aliphatic rings. The highest BCUT2D eigenvalue weighted by atomic mass is 19.1. The minimum absolute atomic E-state index is 0.187. The Kier molecular flexibility index (Phi) is 4.06. The van der Waals surface area contributed by atoms with Gasteiger partial charge in [-0.1, -0.05) is 0 Å². The molecule has 8 heteroatoms. The average Bonchev–Trinajstić information content (AvgIpc) is 2.90. The number of rotatable bonds is 3. The quantitative estimate of drug-likeness (QED) is 0.791. The highest BCUT2D eigenvalue weighted by Crippen LogP contribution is 2.20. The molecule has 0 fully saturated rings. The number of nitrogens with one attached hydrogen (secondary N) is 1. The number of hydrogen-bond acceptors (Lipinski definition) is 4. The van der Waals surface area contributed by atoms with Crippen molar-refractivity contribution in [2.45, 2.75) is 32.9 Å². The Hall–Kier alpha value is -2.77. The summed E-state index contributed by atoms with van der Waals surface area (Å²) in [6.07, 6.45) is 1.48. The van der Waals surface area contributed by atoms with E-state index in [1.807, 2.05) is 20.8 Å². The normalized spacial score (nSPS) is 11.9. The first-order valence-electron chi connectivity index (χ1n) is 7.80. The molecule has 132 valence electrons. The van der Waals surface area contributed by atoms with Gasteiger partial charge in [0, 0.05) is 19.7 Å². The van der Waals surface area contributed by atoms with Gasteiger partial charge in [0.15, 0.2) is 5.65 Å². The fourth-order valence-electron chi connectivity index (χ4n) is 2.63. The van der Waals surface area contributed by atoms with Gasteiger partial charge in [0.2, 0.25) is 5.95 Å². The first kappa shape index (κ1) is 17.1. The predicted octanol–water partition coefficient (Wildman–Crippen LogP) is 2.79. The second-order valence-corrected chi connectivity index (χ2v) is 6.99. The van der Waals surface area contributed by atoms with Crippen LogP contribution in [0, 0.1) is 11.6 Å². The Morgan fingerprint density at radius 3 is 2.44 bits per heavy atom. The van der Waals surface area contributed by atoms with E-state index in [0.717, 1.165) is 6.07 Å². The number of nitrogens with zero attached hydrogens (tertiary/aromatic N) is 4. The monoisotopic (exact) mass is 347 g/mol. The van der Waals surface area contributed by atoms with Gasteiger partial charge in [0.1, 0.15) is 17.0 Å². The Morgan fingerprint density at radius 1 is 1.20 bits per heavy atom. The number of anilines is 1. The van der Waals surface area contributed by atoms with E-state index in [-0.39, 0.29) is 17.6 Å². The molecule has 0 aliphatic carbocycles. The Labute approximate surface area is 143 Å². The van der Waals surface area contributed by atoms with Gasteiger partial charge < -0.3 is 4.90 Å². The Bertz CT molecular complexity index is 967. The van der Waals surface area contributed by atoms with E-state index in [1.165, 1.54) is 18.3 Å². The molecule has 0 unspecified atom stereocenters. The first-order valence-corrected chi connectivity index (χ1v) is 7.80. The predicted molar refractivity (Wildman–Crippen MR) is 91.6 cm³/mol. The van der Waals surface area contributed by atoms with Crippen LogP contribution in [0.4, 0.5) is 14.7 Å². The molecule has 0 saturated carbocycles. The number of aromatic nitrogens is 4. The highest BCUT2D eigenvalue weighted by molar-refractivity contribution is 5.74. The van der Waals surface area contributed by atoms with Crippen LogP contribution < -0.4 is 10.5 Å². The van der Waals surface area contributed by atoms with Gasteiger partial charge in [-0.15, -0.1) is 0 Å². The van der Waals surface area contributed by atoms with Gasteiger partial charge in [-0.05, 0) is 38.5 Å². The molecular formula is C17H19F2N5O. The van der Waals surface area contributed by atoms with Crippen molar-refractivity contribution in [3.63, 3.8) is 0 Å². The van der Waals surface area contributed by atoms with Crippen molar-refractivity contribution >= 4 is 17.0 Å². The number of benzene rings is 1. The van der Waals surface area contributed by atoms with Crippen LogP contribution in [-0.4, -0.2) is 26.8 Å². The molecule has 6 nitrogen and oxygen atoms in total. The molecule has 0 amide bonds. The summed E-state index contributed by atoms with van der Waals surface area (Å²) in [7, 11) is 1.69. The van der Waals surface area contributed by atoms with Crippen molar-refractivity contribution in [1.29, 1.82) is 0 Å². The van der Waals surface area contributed by atoms with Crippen LogP contribution in [0.5, 0.6) is 0 Å². The van der Waals surface area contributed by atoms with Crippen molar-refractivity contribution in [3.05, 3.63) is 51.9 Å². The molecule has 1 aromatic carbocycles. The molecule has 0 aliphatic heterocycles. The zero-order valence-electron chi connectivity index (χ0n) is 14.5. The third-order valence-electron chi connectivity index (χ3n) is 3.76. The Morgan fingerprint density at radius 2 is 1.84 bits per heavy atom. The summed E-state index contributed by atoms with van der Waals surface area (Å²) in [6.45, 7) is 6.07. The molecule has 3 aromatic rings. The number of fused-ring (bicyclic) bond motifs is 1. The smallest absolute Gasteiger partial charge is 0.263 e. The topological polar surface area (TPSA) is 66.8 Å². The molecule has 1 N–H and O–H groups in total. The number of hydrogen-bond donors (Lipinski definition) is 1. The summed E-state index contributed by atoms with van der Waals surface area (Å²) in [5.41, 5.74) is 0.243.